The third-order valence-electron chi connectivity index (χ3n) is 3.09. The monoisotopic (exact) mass is 330 g/mol. The van der Waals surface area contributed by atoms with Gasteiger partial charge in [-0.15, -0.1) is 0 Å². The highest BCUT2D eigenvalue weighted by Gasteiger charge is 2.29. The topological polar surface area (TPSA) is 56.7 Å². The fourth-order valence-corrected chi connectivity index (χ4v) is 1.73. The summed E-state index contributed by atoms with van der Waals surface area (Å²) in [4.78, 5) is 16.9. The van der Waals surface area contributed by atoms with Crippen molar-refractivity contribution in [1.29, 1.82) is 0 Å². The summed E-state index contributed by atoms with van der Waals surface area (Å²) in [5.41, 5.74) is 0.0243. The van der Waals surface area contributed by atoms with Crippen LogP contribution < -0.4 is 10.6 Å². The van der Waals surface area contributed by atoms with Gasteiger partial charge in [-0.3, -0.25) is 9.79 Å². The van der Waals surface area contributed by atoms with E-state index in [-0.39, 0.29) is 5.91 Å². The lowest BCUT2D eigenvalue weighted by Gasteiger charge is -2.14. The zero-order valence-corrected chi connectivity index (χ0v) is 13.4. The van der Waals surface area contributed by atoms with E-state index in [2.05, 4.69) is 15.6 Å². The van der Waals surface area contributed by atoms with E-state index < -0.39 is 11.7 Å². The molecule has 1 aromatic carbocycles. The highest BCUT2D eigenvalue weighted by Crippen LogP contribution is 2.28. The lowest BCUT2D eigenvalue weighted by Crippen LogP contribution is -2.38. The first kappa shape index (κ1) is 18.8. The highest BCUT2D eigenvalue weighted by molar-refractivity contribution is 5.81. The lowest BCUT2D eigenvalue weighted by atomic mass is 10.1. The molecule has 8 heteroatoms. The molecule has 0 heterocycles. The molecule has 0 aliphatic heterocycles. The summed E-state index contributed by atoms with van der Waals surface area (Å²) in [5, 5.41) is 5.95. The second kappa shape index (κ2) is 8.40. The van der Waals surface area contributed by atoms with Gasteiger partial charge in [0.15, 0.2) is 5.96 Å². The molecular weight excluding hydrogens is 309 g/mol. The third kappa shape index (κ3) is 6.58. The van der Waals surface area contributed by atoms with E-state index in [1.165, 1.54) is 17.0 Å². The Bertz CT molecular complexity index is 539. The van der Waals surface area contributed by atoms with Crippen molar-refractivity contribution in [2.45, 2.75) is 19.1 Å². The van der Waals surface area contributed by atoms with Gasteiger partial charge in [-0.05, 0) is 17.7 Å². The minimum absolute atomic E-state index is 0.00399. The summed E-state index contributed by atoms with van der Waals surface area (Å²) in [5.74, 6) is 0.479. The van der Waals surface area contributed by atoms with Crippen molar-refractivity contribution in [2.75, 3.05) is 27.7 Å². The molecule has 5 nitrogen and oxygen atoms in total. The van der Waals surface area contributed by atoms with Gasteiger partial charge in [0.1, 0.15) is 0 Å². The summed E-state index contributed by atoms with van der Waals surface area (Å²) in [6, 6.07) is 4.92. The number of amides is 1. The van der Waals surface area contributed by atoms with Crippen molar-refractivity contribution in [3.05, 3.63) is 35.4 Å². The highest BCUT2D eigenvalue weighted by atomic mass is 19.4. The predicted octanol–water partition coefficient (Wildman–Crippen LogP) is 1.85. The van der Waals surface area contributed by atoms with Gasteiger partial charge < -0.3 is 15.5 Å². The number of hydrogen-bond donors (Lipinski definition) is 2. The van der Waals surface area contributed by atoms with Crippen LogP contribution in [-0.2, 0) is 17.5 Å². The molecule has 0 aliphatic rings. The first-order chi connectivity index (χ1) is 10.7. The quantitative estimate of drug-likeness (QED) is 0.640. The van der Waals surface area contributed by atoms with Crippen LogP contribution in [0.3, 0.4) is 0 Å². The minimum atomic E-state index is -4.33. The molecule has 0 bridgehead atoms. The zero-order chi connectivity index (χ0) is 17.5. The maximum absolute atomic E-state index is 12.5. The molecule has 0 spiro atoms. The van der Waals surface area contributed by atoms with Crippen molar-refractivity contribution >= 4 is 11.9 Å². The van der Waals surface area contributed by atoms with Crippen LogP contribution >= 0.6 is 0 Å². The van der Waals surface area contributed by atoms with Gasteiger partial charge in [0.05, 0.1) is 5.56 Å². The van der Waals surface area contributed by atoms with E-state index in [1.807, 2.05) is 0 Å². The summed E-state index contributed by atoms with van der Waals surface area (Å²) < 4.78 is 37.4. The molecule has 128 valence electrons. The molecule has 0 saturated heterocycles. The van der Waals surface area contributed by atoms with Crippen molar-refractivity contribution in [1.82, 2.24) is 15.5 Å². The van der Waals surface area contributed by atoms with Crippen LogP contribution in [0.15, 0.2) is 29.3 Å². The van der Waals surface area contributed by atoms with Gasteiger partial charge in [0, 0.05) is 40.7 Å². The SMILES string of the molecule is CN=C(NCCC(=O)N(C)C)NCc1ccc(C(F)(F)F)cc1. The Morgan fingerprint density at radius 2 is 1.78 bits per heavy atom. The molecule has 0 fully saturated rings. The zero-order valence-electron chi connectivity index (χ0n) is 13.4. The number of hydrogen-bond acceptors (Lipinski definition) is 2. The van der Waals surface area contributed by atoms with Gasteiger partial charge in [-0.2, -0.15) is 13.2 Å². The Hall–Kier alpha value is -2.25. The third-order valence-corrected chi connectivity index (χ3v) is 3.09. The Labute approximate surface area is 133 Å². The maximum Gasteiger partial charge on any atom is 0.416 e. The van der Waals surface area contributed by atoms with Crippen molar-refractivity contribution in [2.24, 2.45) is 4.99 Å². The van der Waals surface area contributed by atoms with E-state index in [1.54, 1.807) is 21.1 Å². The number of carbonyl (C=O) groups is 1. The fraction of sp³-hybridized carbons (Fsp3) is 0.467. The minimum Gasteiger partial charge on any atom is -0.356 e. The molecule has 0 aromatic heterocycles. The lowest BCUT2D eigenvalue weighted by molar-refractivity contribution is -0.137. The molecule has 0 saturated carbocycles. The second-order valence-corrected chi connectivity index (χ2v) is 5.09. The summed E-state index contributed by atoms with van der Waals surface area (Å²) in [7, 11) is 4.94. The number of nitrogens with one attached hydrogen (secondary N) is 2. The molecule has 0 unspecified atom stereocenters. The van der Waals surface area contributed by atoms with Crippen molar-refractivity contribution < 1.29 is 18.0 Å². The van der Waals surface area contributed by atoms with Crippen LogP contribution in [-0.4, -0.2) is 44.5 Å². The van der Waals surface area contributed by atoms with Crippen molar-refractivity contribution in [3.8, 4) is 0 Å². The van der Waals surface area contributed by atoms with Crippen LogP contribution in [0.2, 0.25) is 0 Å². The number of aliphatic imine (C=N–C) groups is 1. The number of alkyl halides is 3. The van der Waals surface area contributed by atoms with Gasteiger partial charge in [0.2, 0.25) is 5.91 Å². The maximum atomic E-state index is 12.5. The standard InChI is InChI=1S/C15H21F3N4O/c1-19-14(20-9-8-13(23)22(2)3)21-10-11-4-6-12(7-5-11)15(16,17)18/h4-7H,8-10H2,1-3H3,(H2,19,20,21). The van der Waals surface area contributed by atoms with Gasteiger partial charge in [-0.1, -0.05) is 12.1 Å². The van der Waals surface area contributed by atoms with Crippen LogP contribution in [0.4, 0.5) is 13.2 Å². The predicted molar refractivity (Wildman–Crippen MR) is 83.0 cm³/mol. The Balaban J connectivity index is 2.44. The smallest absolute Gasteiger partial charge is 0.356 e. The molecule has 0 aliphatic carbocycles. The van der Waals surface area contributed by atoms with Gasteiger partial charge in [0.25, 0.3) is 0 Å². The van der Waals surface area contributed by atoms with E-state index in [9.17, 15) is 18.0 Å². The first-order valence-electron chi connectivity index (χ1n) is 7.05. The molecule has 1 rings (SSSR count). The van der Waals surface area contributed by atoms with E-state index in [4.69, 9.17) is 0 Å². The van der Waals surface area contributed by atoms with Crippen LogP contribution in [0.5, 0.6) is 0 Å². The fourth-order valence-electron chi connectivity index (χ4n) is 1.73. The van der Waals surface area contributed by atoms with Crippen molar-refractivity contribution in [3.63, 3.8) is 0 Å². The summed E-state index contributed by atoms with van der Waals surface area (Å²) in [6.07, 6.45) is -4.00. The normalized spacial score (nSPS) is 12.0. The van der Waals surface area contributed by atoms with E-state index >= 15 is 0 Å². The number of halogens is 3. The molecule has 23 heavy (non-hydrogen) atoms. The average molecular weight is 330 g/mol. The molecule has 0 atom stereocenters. The van der Waals surface area contributed by atoms with E-state index in [0.717, 1.165) is 12.1 Å². The largest absolute Gasteiger partial charge is 0.416 e. The van der Waals surface area contributed by atoms with Crippen LogP contribution in [0.1, 0.15) is 17.5 Å². The summed E-state index contributed by atoms with van der Waals surface area (Å²) >= 11 is 0. The Morgan fingerprint density at radius 1 is 1.17 bits per heavy atom. The van der Waals surface area contributed by atoms with Gasteiger partial charge >= 0.3 is 6.18 Å². The number of rotatable bonds is 5. The molecule has 1 aromatic rings. The number of guanidine groups is 1. The van der Waals surface area contributed by atoms with Crippen LogP contribution in [0, 0.1) is 0 Å². The average Bonchev–Trinajstić information content (AvgIpc) is 2.49. The number of carbonyl (C=O) groups excluding carboxylic acids is 1. The van der Waals surface area contributed by atoms with Gasteiger partial charge in [-0.25, -0.2) is 0 Å². The first-order valence-corrected chi connectivity index (χ1v) is 7.05. The van der Waals surface area contributed by atoms with Crippen LogP contribution in [0.25, 0.3) is 0 Å². The molecule has 2 N–H and O–H groups in total. The Kier molecular flexibility index (Phi) is 6.87. The second-order valence-electron chi connectivity index (χ2n) is 5.09. The summed E-state index contributed by atoms with van der Waals surface area (Å²) in [6.45, 7) is 0.753. The Morgan fingerprint density at radius 3 is 2.26 bits per heavy atom. The molecule has 0 radical (unpaired) electrons. The number of nitrogens with zero attached hydrogens (tertiary/aromatic N) is 2. The molecular formula is C15H21F3N4O. The van der Waals surface area contributed by atoms with E-state index in [0.29, 0.717) is 31.0 Å². The molecule has 1 amide bonds. The number of benzene rings is 1.